The number of benzene rings is 1. The minimum atomic E-state index is -0.402. The summed E-state index contributed by atoms with van der Waals surface area (Å²) in [6, 6.07) is 8.07. The van der Waals surface area contributed by atoms with Crippen LogP contribution in [0.1, 0.15) is 24.5 Å². The first-order chi connectivity index (χ1) is 8.33. The number of aromatic nitrogens is 1. The molecule has 90 valence electrons. The summed E-state index contributed by atoms with van der Waals surface area (Å²) < 4.78 is 0. The van der Waals surface area contributed by atoms with Gasteiger partial charge in [-0.15, -0.1) is 0 Å². The Kier molecular flexibility index (Phi) is 4.40. The van der Waals surface area contributed by atoms with Crippen molar-refractivity contribution in [3.05, 3.63) is 42.2 Å². The van der Waals surface area contributed by atoms with E-state index < -0.39 is 6.10 Å². The summed E-state index contributed by atoms with van der Waals surface area (Å²) in [7, 11) is 0. The second-order valence-corrected chi connectivity index (χ2v) is 5.09. The van der Waals surface area contributed by atoms with Crippen LogP contribution < -0.4 is 0 Å². The van der Waals surface area contributed by atoms with Gasteiger partial charge in [-0.3, -0.25) is 4.98 Å². The third-order valence-corrected chi connectivity index (χ3v) is 3.58. The maximum absolute atomic E-state index is 10.2. The summed E-state index contributed by atoms with van der Waals surface area (Å²) in [6.07, 6.45) is 7.15. The van der Waals surface area contributed by atoms with Gasteiger partial charge in [0.05, 0.1) is 6.10 Å². The molecule has 0 aliphatic heterocycles. The fourth-order valence-corrected chi connectivity index (χ4v) is 2.44. The van der Waals surface area contributed by atoms with Crippen molar-refractivity contribution in [1.82, 2.24) is 4.98 Å². The molecule has 0 spiro atoms. The van der Waals surface area contributed by atoms with Crippen molar-refractivity contribution < 1.29 is 5.11 Å². The third kappa shape index (κ3) is 2.99. The minimum Gasteiger partial charge on any atom is -0.388 e. The van der Waals surface area contributed by atoms with E-state index in [2.05, 4.69) is 11.2 Å². The zero-order chi connectivity index (χ0) is 12.1. The first-order valence-corrected chi connectivity index (χ1v) is 7.22. The Morgan fingerprint density at radius 3 is 2.94 bits per heavy atom. The van der Waals surface area contributed by atoms with Crippen LogP contribution >= 0.6 is 11.8 Å². The van der Waals surface area contributed by atoms with Gasteiger partial charge in [0.25, 0.3) is 0 Å². The van der Waals surface area contributed by atoms with E-state index in [1.807, 2.05) is 42.2 Å². The predicted molar refractivity (Wildman–Crippen MR) is 74.3 cm³/mol. The Balaban J connectivity index is 2.22. The fourth-order valence-electron chi connectivity index (χ4n) is 1.98. The first kappa shape index (κ1) is 12.4. The molecular weight excluding hydrogens is 230 g/mol. The Hall–Kier alpha value is -1.06. The molecule has 0 saturated carbocycles. The smallest absolute Gasteiger partial charge is 0.0811 e. The number of pyridine rings is 1. The van der Waals surface area contributed by atoms with E-state index in [9.17, 15) is 5.11 Å². The van der Waals surface area contributed by atoms with E-state index in [0.717, 1.165) is 34.9 Å². The number of aliphatic hydroxyl groups excluding tert-OH is 1. The van der Waals surface area contributed by atoms with Crippen LogP contribution in [0.15, 0.2) is 36.7 Å². The van der Waals surface area contributed by atoms with Crippen LogP contribution in [0, 0.1) is 0 Å². The highest BCUT2D eigenvalue weighted by Crippen LogP contribution is 2.26. The molecule has 0 aliphatic carbocycles. The average Bonchev–Trinajstić information content (AvgIpc) is 2.38. The second-order valence-electron chi connectivity index (χ2n) is 4.10. The van der Waals surface area contributed by atoms with Crippen molar-refractivity contribution in [3.63, 3.8) is 0 Å². The summed E-state index contributed by atoms with van der Waals surface area (Å²) in [5.41, 5.74) is 0.948. The highest BCUT2D eigenvalue weighted by molar-refractivity contribution is 7.98. The van der Waals surface area contributed by atoms with Crippen LogP contribution in [0.5, 0.6) is 0 Å². The van der Waals surface area contributed by atoms with Gasteiger partial charge in [-0.05, 0) is 30.2 Å². The first-order valence-electron chi connectivity index (χ1n) is 5.82. The molecule has 0 aliphatic rings. The van der Waals surface area contributed by atoms with Crippen molar-refractivity contribution in [1.29, 1.82) is 0 Å². The van der Waals surface area contributed by atoms with Gasteiger partial charge >= 0.3 is 0 Å². The van der Waals surface area contributed by atoms with Crippen molar-refractivity contribution in [2.24, 2.45) is 0 Å². The SMILES string of the molecule is CSCCCC(O)c1cncc2ccccc12. The van der Waals surface area contributed by atoms with Crippen LogP contribution in [0.4, 0.5) is 0 Å². The number of hydrogen-bond donors (Lipinski definition) is 1. The molecule has 1 aromatic heterocycles. The van der Waals surface area contributed by atoms with Gasteiger partial charge in [0.15, 0.2) is 0 Å². The lowest BCUT2D eigenvalue weighted by Gasteiger charge is -2.12. The number of rotatable bonds is 5. The fraction of sp³-hybridized carbons (Fsp3) is 0.357. The third-order valence-electron chi connectivity index (χ3n) is 2.88. The molecule has 2 aromatic rings. The highest BCUT2D eigenvalue weighted by atomic mass is 32.2. The maximum Gasteiger partial charge on any atom is 0.0811 e. The molecule has 17 heavy (non-hydrogen) atoms. The van der Waals surface area contributed by atoms with Gasteiger partial charge in [0, 0.05) is 23.3 Å². The molecule has 3 heteroatoms. The summed E-state index contributed by atoms with van der Waals surface area (Å²) in [5, 5.41) is 12.4. The maximum atomic E-state index is 10.2. The summed E-state index contributed by atoms with van der Waals surface area (Å²) in [6.45, 7) is 0. The van der Waals surface area contributed by atoms with Crippen LogP contribution in [0.25, 0.3) is 10.8 Å². The topological polar surface area (TPSA) is 33.1 Å². The molecule has 1 unspecified atom stereocenters. The van der Waals surface area contributed by atoms with E-state index in [1.54, 1.807) is 6.20 Å². The molecule has 1 N–H and O–H groups in total. The standard InChI is InChI=1S/C14H17NOS/c1-17-8-4-7-14(16)13-10-15-9-11-5-2-3-6-12(11)13/h2-3,5-6,9-10,14,16H,4,7-8H2,1H3. The molecule has 0 radical (unpaired) electrons. The lowest BCUT2D eigenvalue weighted by atomic mass is 10.0. The number of hydrogen-bond acceptors (Lipinski definition) is 3. The molecular formula is C14H17NOS. The molecule has 0 fully saturated rings. The normalized spacial score (nSPS) is 12.8. The Morgan fingerprint density at radius 2 is 2.12 bits per heavy atom. The zero-order valence-corrected chi connectivity index (χ0v) is 10.8. The molecule has 0 amide bonds. The van der Waals surface area contributed by atoms with E-state index in [1.165, 1.54) is 0 Å². The van der Waals surface area contributed by atoms with Gasteiger partial charge in [0.1, 0.15) is 0 Å². The Morgan fingerprint density at radius 1 is 1.29 bits per heavy atom. The molecule has 2 nitrogen and oxygen atoms in total. The Labute approximate surface area is 106 Å². The molecule has 2 rings (SSSR count). The van der Waals surface area contributed by atoms with Crippen LogP contribution in [0.2, 0.25) is 0 Å². The van der Waals surface area contributed by atoms with E-state index >= 15 is 0 Å². The van der Waals surface area contributed by atoms with Gasteiger partial charge in [-0.2, -0.15) is 11.8 Å². The van der Waals surface area contributed by atoms with Gasteiger partial charge in [-0.1, -0.05) is 24.3 Å². The largest absolute Gasteiger partial charge is 0.388 e. The van der Waals surface area contributed by atoms with E-state index in [-0.39, 0.29) is 0 Å². The van der Waals surface area contributed by atoms with Crippen molar-refractivity contribution in [2.75, 3.05) is 12.0 Å². The molecule has 1 heterocycles. The van der Waals surface area contributed by atoms with Gasteiger partial charge in [-0.25, -0.2) is 0 Å². The highest BCUT2D eigenvalue weighted by Gasteiger charge is 2.10. The zero-order valence-electron chi connectivity index (χ0n) is 9.97. The number of thioether (sulfide) groups is 1. The summed E-state index contributed by atoms with van der Waals surface area (Å²) in [4.78, 5) is 4.20. The quantitative estimate of drug-likeness (QED) is 0.822. The van der Waals surface area contributed by atoms with Gasteiger partial charge in [0.2, 0.25) is 0 Å². The van der Waals surface area contributed by atoms with Crippen molar-refractivity contribution in [2.45, 2.75) is 18.9 Å². The molecule has 1 aromatic carbocycles. The summed E-state index contributed by atoms with van der Waals surface area (Å²) >= 11 is 1.82. The number of fused-ring (bicyclic) bond motifs is 1. The molecule has 0 bridgehead atoms. The minimum absolute atomic E-state index is 0.402. The molecule has 0 saturated heterocycles. The van der Waals surface area contributed by atoms with Crippen LogP contribution in [-0.4, -0.2) is 22.1 Å². The monoisotopic (exact) mass is 247 g/mol. The van der Waals surface area contributed by atoms with Crippen molar-refractivity contribution in [3.8, 4) is 0 Å². The molecule has 1 atom stereocenters. The van der Waals surface area contributed by atoms with E-state index in [0.29, 0.717) is 0 Å². The lowest BCUT2D eigenvalue weighted by molar-refractivity contribution is 0.168. The van der Waals surface area contributed by atoms with Crippen LogP contribution in [-0.2, 0) is 0 Å². The van der Waals surface area contributed by atoms with E-state index in [4.69, 9.17) is 0 Å². The lowest BCUT2D eigenvalue weighted by Crippen LogP contribution is -2.00. The summed E-state index contributed by atoms with van der Waals surface area (Å²) in [5.74, 6) is 1.09. The second kappa shape index (κ2) is 6.03. The average molecular weight is 247 g/mol. The number of aliphatic hydroxyl groups is 1. The Bertz CT molecular complexity index is 481. The van der Waals surface area contributed by atoms with Gasteiger partial charge < -0.3 is 5.11 Å². The number of nitrogens with zero attached hydrogens (tertiary/aromatic N) is 1. The predicted octanol–water partition coefficient (Wildman–Crippen LogP) is 3.41. The van der Waals surface area contributed by atoms with Crippen LogP contribution in [0.3, 0.4) is 0 Å². The van der Waals surface area contributed by atoms with Crippen molar-refractivity contribution >= 4 is 22.5 Å².